The number of carboxylic acid groups (broad SMARTS) is 2. The Morgan fingerprint density at radius 3 is 1.92 bits per heavy atom. The number of carbonyl (C=O) groups excluding carboxylic acids is 4. The molecule has 0 rings (SSSR count). The van der Waals surface area contributed by atoms with E-state index in [1.54, 1.807) is 0 Å². The number of ketones is 2. The number of Topliss-reactive ketones (excluding diaryl/α,β-unsaturated/α-hetero) is 2. The van der Waals surface area contributed by atoms with Gasteiger partial charge in [0.05, 0.1) is 39.0 Å². The fraction of sp³-hybridized carbons (Fsp3) is 0.760. The minimum Gasteiger partial charge on any atom is -0.481 e. The summed E-state index contributed by atoms with van der Waals surface area (Å²) >= 11 is 0. The predicted octanol–water partition coefficient (Wildman–Crippen LogP) is -0.0406. The van der Waals surface area contributed by atoms with Gasteiger partial charge in [0.15, 0.2) is 5.78 Å². The van der Waals surface area contributed by atoms with Crippen molar-refractivity contribution in [3.05, 3.63) is 0 Å². The molecule has 0 aliphatic rings. The van der Waals surface area contributed by atoms with Gasteiger partial charge in [-0.15, -0.1) is 0 Å². The molecule has 2 amide bonds. The highest BCUT2D eigenvalue weighted by Crippen LogP contribution is 2.14. The molecule has 0 aliphatic carbocycles. The lowest BCUT2D eigenvalue weighted by Gasteiger charge is -2.12. The number of hydrogen-bond acceptors (Lipinski definition) is 10. The average Bonchev–Trinajstić information content (AvgIpc) is 2.88. The van der Waals surface area contributed by atoms with E-state index in [2.05, 4.69) is 10.6 Å². The number of likely N-dealkylation sites (N-methyl/N-ethyl adjacent to an activating group) is 1. The smallest absolute Gasteiger partial charge is 0.306 e. The topological polar surface area (TPSA) is 204 Å². The van der Waals surface area contributed by atoms with Crippen molar-refractivity contribution in [3.63, 3.8) is 0 Å². The van der Waals surface area contributed by atoms with Gasteiger partial charge in [-0.2, -0.15) is 0 Å². The molecule has 0 saturated heterocycles. The van der Waals surface area contributed by atoms with Crippen LogP contribution in [0.15, 0.2) is 0 Å². The van der Waals surface area contributed by atoms with Crippen LogP contribution in [0.25, 0.3) is 0 Å². The van der Waals surface area contributed by atoms with Gasteiger partial charge < -0.3 is 39.8 Å². The van der Waals surface area contributed by atoms with E-state index >= 15 is 0 Å². The van der Waals surface area contributed by atoms with Crippen molar-refractivity contribution in [2.45, 2.75) is 51.4 Å². The Hall–Kier alpha value is -2.94. The van der Waals surface area contributed by atoms with Gasteiger partial charge in [-0.3, -0.25) is 28.8 Å². The first kappa shape index (κ1) is 36.1. The van der Waals surface area contributed by atoms with Gasteiger partial charge in [0, 0.05) is 52.3 Å². The molecule has 0 saturated carbocycles. The van der Waals surface area contributed by atoms with Crippen LogP contribution in [0.5, 0.6) is 0 Å². The zero-order valence-electron chi connectivity index (χ0n) is 22.6. The van der Waals surface area contributed by atoms with Gasteiger partial charge in [-0.05, 0) is 19.3 Å². The lowest BCUT2D eigenvalue weighted by molar-refractivity contribution is -0.144. The van der Waals surface area contributed by atoms with Crippen LogP contribution in [0.4, 0.5) is 0 Å². The Bertz CT molecular complexity index is 759. The van der Waals surface area contributed by atoms with Crippen LogP contribution in [-0.2, 0) is 47.7 Å². The number of amides is 2. The van der Waals surface area contributed by atoms with Crippen molar-refractivity contribution in [1.29, 1.82) is 0 Å². The average molecular weight is 563 g/mol. The third kappa shape index (κ3) is 23.9. The van der Waals surface area contributed by atoms with E-state index in [0.717, 1.165) is 0 Å². The molecular weight excluding hydrogens is 520 g/mol. The maximum atomic E-state index is 11.9. The standard InChI is InChI=1S/C25H42N2O12/c1-26-23(31)18-39-15-12-36-10-3-5-21(29)17-38-14-13-37-11-9-27-22(30)8-7-19(25(34)35)16-20(28)4-2-6-24(32)33/h19H,2-18H2,1H3,(H,26,31)(H,27,30)(H,32,33)(H,34,35). The lowest BCUT2D eigenvalue weighted by atomic mass is 9.95. The van der Waals surface area contributed by atoms with Gasteiger partial charge in [0.1, 0.15) is 19.0 Å². The minimum atomic E-state index is -1.18. The molecule has 0 bridgehead atoms. The minimum absolute atomic E-state index is 0.00572. The molecule has 0 aromatic rings. The molecule has 0 aromatic carbocycles. The number of hydrogen-bond donors (Lipinski definition) is 4. The largest absolute Gasteiger partial charge is 0.481 e. The Morgan fingerprint density at radius 2 is 1.28 bits per heavy atom. The summed E-state index contributed by atoms with van der Waals surface area (Å²) in [6, 6.07) is 0. The predicted molar refractivity (Wildman–Crippen MR) is 136 cm³/mol. The van der Waals surface area contributed by atoms with Crippen molar-refractivity contribution in [1.82, 2.24) is 10.6 Å². The highest BCUT2D eigenvalue weighted by Gasteiger charge is 2.22. The Balaban J connectivity index is 3.68. The zero-order valence-corrected chi connectivity index (χ0v) is 22.6. The summed E-state index contributed by atoms with van der Waals surface area (Å²) < 4.78 is 21.0. The summed E-state index contributed by atoms with van der Waals surface area (Å²) in [5, 5.41) is 22.9. The SMILES string of the molecule is CNC(=O)COCCOCCCC(=O)COCCOCCNC(=O)CCC(CC(=O)CCCC(=O)O)C(=O)O. The van der Waals surface area contributed by atoms with E-state index in [1.165, 1.54) is 7.05 Å². The summed E-state index contributed by atoms with van der Waals surface area (Å²) in [4.78, 5) is 68.3. The third-order valence-corrected chi connectivity index (χ3v) is 5.22. The third-order valence-electron chi connectivity index (χ3n) is 5.22. The van der Waals surface area contributed by atoms with Gasteiger partial charge in [0.25, 0.3) is 0 Å². The lowest BCUT2D eigenvalue weighted by Crippen LogP contribution is -2.29. The number of nitrogens with one attached hydrogen (secondary N) is 2. The van der Waals surface area contributed by atoms with E-state index in [9.17, 15) is 33.9 Å². The molecule has 4 N–H and O–H groups in total. The van der Waals surface area contributed by atoms with E-state index < -0.39 is 17.9 Å². The molecule has 1 atom stereocenters. The zero-order chi connectivity index (χ0) is 29.3. The van der Waals surface area contributed by atoms with Gasteiger partial charge >= 0.3 is 11.9 Å². The molecule has 0 radical (unpaired) electrons. The molecule has 0 aliphatic heterocycles. The molecule has 14 heteroatoms. The molecular formula is C25H42N2O12. The molecule has 1 unspecified atom stereocenters. The quantitative estimate of drug-likeness (QED) is 0.0974. The van der Waals surface area contributed by atoms with Crippen LogP contribution in [-0.4, -0.2) is 112 Å². The summed E-state index contributed by atoms with van der Waals surface area (Å²) in [7, 11) is 1.52. The van der Waals surface area contributed by atoms with E-state index in [0.29, 0.717) is 32.7 Å². The van der Waals surface area contributed by atoms with Gasteiger partial charge in [-0.1, -0.05) is 0 Å². The second-order valence-corrected chi connectivity index (χ2v) is 8.56. The maximum Gasteiger partial charge on any atom is 0.306 e. The van der Waals surface area contributed by atoms with E-state index in [-0.39, 0.29) is 101 Å². The summed E-state index contributed by atoms with van der Waals surface area (Å²) in [5.41, 5.74) is 0. The number of rotatable bonds is 27. The Morgan fingerprint density at radius 1 is 0.667 bits per heavy atom. The van der Waals surface area contributed by atoms with Crippen molar-refractivity contribution in [2.24, 2.45) is 5.92 Å². The van der Waals surface area contributed by atoms with Crippen LogP contribution in [0.1, 0.15) is 51.4 Å². The maximum absolute atomic E-state index is 11.9. The van der Waals surface area contributed by atoms with Gasteiger partial charge in [0.2, 0.25) is 11.8 Å². The number of carboxylic acids is 2. The summed E-state index contributed by atoms with van der Waals surface area (Å²) in [6.07, 6.45) is 0.533. The number of aliphatic carboxylic acids is 2. The van der Waals surface area contributed by atoms with Crippen molar-refractivity contribution < 1.29 is 57.9 Å². The second-order valence-electron chi connectivity index (χ2n) is 8.56. The van der Waals surface area contributed by atoms with Crippen LogP contribution >= 0.6 is 0 Å². The summed E-state index contributed by atoms with van der Waals surface area (Å²) in [6.45, 7) is 1.82. The van der Waals surface area contributed by atoms with Crippen LogP contribution in [0.3, 0.4) is 0 Å². The molecule has 224 valence electrons. The second kappa shape index (κ2) is 24.1. The summed E-state index contributed by atoms with van der Waals surface area (Å²) in [5.74, 6) is -4.18. The molecule has 0 spiro atoms. The first-order valence-corrected chi connectivity index (χ1v) is 12.9. The van der Waals surface area contributed by atoms with Crippen molar-refractivity contribution in [3.8, 4) is 0 Å². The monoisotopic (exact) mass is 562 g/mol. The van der Waals surface area contributed by atoms with Crippen LogP contribution in [0, 0.1) is 5.92 Å². The Labute approximate surface area is 228 Å². The highest BCUT2D eigenvalue weighted by molar-refractivity contribution is 5.84. The molecule has 0 fully saturated rings. The number of ether oxygens (including phenoxy) is 4. The molecule has 0 heterocycles. The molecule has 0 aromatic heterocycles. The van der Waals surface area contributed by atoms with E-state index in [4.69, 9.17) is 24.1 Å². The van der Waals surface area contributed by atoms with Gasteiger partial charge in [-0.25, -0.2) is 0 Å². The van der Waals surface area contributed by atoms with Crippen molar-refractivity contribution >= 4 is 35.3 Å². The fourth-order valence-corrected chi connectivity index (χ4v) is 3.09. The fourth-order valence-electron chi connectivity index (χ4n) is 3.09. The van der Waals surface area contributed by atoms with Crippen LogP contribution < -0.4 is 10.6 Å². The van der Waals surface area contributed by atoms with Crippen molar-refractivity contribution in [2.75, 3.05) is 66.4 Å². The highest BCUT2D eigenvalue weighted by atomic mass is 16.5. The van der Waals surface area contributed by atoms with Crippen LogP contribution in [0.2, 0.25) is 0 Å². The Kier molecular flexibility index (Phi) is 22.3. The first-order valence-electron chi connectivity index (χ1n) is 12.9. The molecule has 14 nitrogen and oxygen atoms in total. The molecule has 39 heavy (non-hydrogen) atoms. The first-order chi connectivity index (χ1) is 18.6. The normalized spacial score (nSPS) is 11.5. The number of carbonyl (C=O) groups is 6. The van der Waals surface area contributed by atoms with E-state index in [1.807, 2.05) is 0 Å².